The number of hydrogen-bond donors (Lipinski definition) is 1. The molecule has 16 heavy (non-hydrogen) atoms. The molecule has 0 spiro atoms. The van der Waals surface area contributed by atoms with E-state index in [2.05, 4.69) is 53.8 Å². The van der Waals surface area contributed by atoms with Gasteiger partial charge in [-0.2, -0.15) is 0 Å². The summed E-state index contributed by atoms with van der Waals surface area (Å²) in [5, 5.41) is 3.39. The third-order valence-electron chi connectivity index (χ3n) is 3.19. The highest BCUT2D eigenvalue weighted by molar-refractivity contribution is 5.48. The van der Waals surface area contributed by atoms with Crippen molar-refractivity contribution in [3.63, 3.8) is 0 Å². The van der Waals surface area contributed by atoms with Gasteiger partial charge in [0.1, 0.15) is 0 Å². The van der Waals surface area contributed by atoms with Crippen LogP contribution in [0.3, 0.4) is 0 Å². The molecule has 1 fully saturated rings. The zero-order chi connectivity index (χ0) is 11.2. The number of piperidine rings is 1. The Morgan fingerprint density at radius 3 is 2.56 bits per heavy atom. The molecule has 0 aromatic heterocycles. The summed E-state index contributed by atoms with van der Waals surface area (Å²) in [4.78, 5) is 2.34. The molecule has 2 nitrogen and oxygen atoms in total. The van der Waals surface area contributed by atoms with Crippen LogP contribution in [0.25, 0.3) is 6.08 Å². The second kappa shape index (κ2) is 5.71. The maximum atomic E-state index is 3.39. The van der Waals surface area contributed by atoms with Gasteiger partial charge in [-0.3, -0.25) is 0 Å². The fourth-order valence-electron chi connectivity index (χ4n) is 2.10. The molecule has 2 heteroatoms. The molecular weight excluding hydrogens is 196 g/mol. The van der Waals surface area contributed by atoms with Crippen LogP contribution in [-0.4, -0.2) is 31.1 Å². The highest BCUT2D eigenvalue weighted by atomic mass is 15.1. The summed E-state index contributed by atoms with van der Waals surface area (Å²) in [6.07, 6.45) is 6.87. The first-order valence-electron chi connectivity index (χ1n) is 6.02. The monoisotopic (exact) mass is 216 g/mol. The minimum atomic E-state index is 0.696. The first kappa shape index (κ1) is 11.2. The fraction of sp³-hybridized carbons (Fsp3) is 0.429. The topological polar surface area (TPSA) is 15.3 Å². The first-order chi connectivity index (χ1) is 7.86. The van der Waals surface area contributed by atoms with Crippen molar-refractivity contribution in [2.75, 3.05) is 20.1 Å². The number of nitrogens with one attached hydrogen (secondary N) is 1. The van der Waals surface area contributed by atoms with E-state index in [1.807, 2.05) is 6.07 Å². The third-order valence-corrected chi connectivity index (χ3v) is 3.19. The zero-order valence-electron chi connectivity index (χ0n) is 9.89. The molecule has 0 unspecified atom stereocenters. The van der Waals surface area contributed by atoms with Gasteiger partial charge in [-0.15, -0.1) is 0 Å². The standard InChI is InChI=1S/C14H20N2/c1-16(14-7-10-15-11-8-14)12-9-13-5-3-2-4-6-13/h2-6,9,12,14-15H,7-8,10-11H2,1H3. The second-order valence-electron chi connectivity index (χ2n) is 4.37. The fourth-order valence-corrected chi connectivity index (χ4v) is 2.10. The van der Waals surface area contributed by atoms with Crippen molar-refractivity contribution in [2.45, 2.75) is 18.9 Å². The molecule has 2 rings (SSSR count). The molecule has 1 heterocycles. The van der Waals surface area contributed by atoms with Crippen molar-refractivity contribution < 1.29 is 0 Å². The summed E-state index contributed by atoms with van der Waals surface area (Å²) in [5.74, 6) is 0. The number of rotatable bonds is 3. The van der Waals surface area contributed by atoms with Gasteiger partial charge in [-0.25, -0.2) is 0 Å². The van der Waals surface area contributed by atoms with Crippen molar-refractivity contribution in [1.82, 2.24) is 10.2 Å². The van der Waals surface area contributed by atoms with Gasteiger partial charge in [0.05, 0.1) is 0 Å². The number of nitrogens with zero attached hydrogens (tertiary/aromatic N) is 1. The molecular formula is C14H20N2. The van der Waals surface area contributed by atoms with Crippen molar-refractivity contribution in [3.05, 3.63) is 42.1 Å². The molecule has 1 N–H and O–H groups in total. The van der Waals surface area contributed by atoms with E-state index < -0.39 is 0 Å². The molecule has 1 aliphatic heterocycles. The van der Waals surface area contributed by atoms with E-state index in [0.29, 0.717) is 6.04 Å². The largest absolute Gasteiger partial charge is 0.377 e. The summed E-state index contributed by atoms with van der Waals surface area (Å²) in [6, 6.07) is 11.2. The van der Waals surface area contributed by atoms with Gasteiger partial charge in [0, 0.05) is 13.1 Å². The van der Waals surface area contributed by atoms with Gasteiger partial charge in [0.2, 0.25) is 0 Å². The lowest BCUT2D eigenvalue weighted by atomic mass is 10.1. The lowest BCUT2D eigenvalue weighted by molar-refractivity contribution is 0.265. The van der Waals surface area contributed by atoms with Gasteiger partial charge in [-0.05, 0) is 43.8 Å². The van der Waals surface area contributed by atoms with Crippen LogP contribution in [0.2, 0.25) is 0 Å². The Morgan fingerprint density at radius 1 is 1.19 bits per heavy atom. The Bertz CT molecular complexity index is 326. The molecule has 0 radical (unpaired) electrons. The van der Waals surface area contributed by atoms with E-state index in [9.17, 15) is 0 Å². The van der Waals surface area contributed by atoms with E-state index >= 15 is 0 Å². The highest BCUT2D eigenvalue weighted by Gasteiger charge is 2.14. The Hall–Kier alpha value is -1.28. The minimum Gasteiger partial charge on any atom is -0.377 e. The molecule has 0 aliphatic carbocycles. The van der Waals surface area contributed by atoms with Crippen molar-refractivity contribution in [1.29, 1.82) is 0 Å². The summed E-state index contributed by atoms with van der Waals surface area (Å²) >= 11 is 0. The SMILES string of the molecule is CN(C=Cc1ccccc1)C1CCNCC1. The zero-order valence-corrected chi connectivity index (χ0v) is 9.89. The van der Waals surface area contributed by atoms with Crippen LogP contribution in [0.15, 0.2) is 36.5 Å². The number of hydrogen-bond acceptors (Lipinski definition) is 2. The van der Waals surface area contributed by atoms with Crippen LogP contribution in [-0.2, 0) is 0 Å². The van der Waals surface area contributed by atoms with Gasteiger partial charge >= 0.3 is 0 Å². The average molecular weight is 216 g/mol. The van der Waals surface area contributed by atoms with Crippen LogP contribution in [0, 0.1) is 0 Å². The van der Waals surface area contributed by atoms with Gasteiger partial charge in [0.25, 0.3) is 0 Å². The molecule has 1 aromatic rings. The summed E-state index contributed by atoms with van der Waals surface area (Å²) in [5.41, 5.74) is 1.27. The van der Waals surface area contributed by atoms with Crippen molar-refractivity contribution in [2.24, 2.45) is 0 Å². The molecule has 0 atom stereocenters. The Kier molecular flexibility index (Phi) is 4.00. The third kappa shape index (κ3) is 3.11. The molecule has 0 bridgehead atoms. The first-order valence-corrected chi connectivity index (χ1v) is 6.02. The van der Waals surface area contributed by atoms with Crippen molar-refractivity contribution >= 4 is 6.08 Å². The summed E-state index contributed by atoms with van der Waals surface area (Å²) < 4.78 is 0. The van der Waals surface area contributed by atoms with E-state index in [1.165, 1.54) is 18.4 Å². The quantitative estimate of drug-likeness (QED) is 0.834. The van der Waals surface area contributed by atoms with Gasteiger partial charge < -0.3 is 10.2 Å². The highest BCUT2D eigenvalue weighted by Crippen LogP contribution is 2.11. The molecule has 86 valence electrons. The lowest BCUT2D eigenvalue weighted by Crippen LogP contribution is -2.38. The van der Waals surface area contributed by atoms with Crippen LogP contribution < -0.4 is 5.32 Å². The van der Waals surface area contributed by atoms with Crippen LogP contribution in [0.1, 0.15) is 18.4 Å². The Labute approximate surface area is 98.0 Å². The molecule has 0 amide bonds. The maximum absolute atomic E-state index is 3.39. The van der Waals surface area contributed by atoms with Crippen LogP contribution >= 0.6 is 0 Å². The smallest absolute Gasteiger partial charge is 0.0305 e. The predicted molar refractivity (Wildman–Crippen MR) is 69.1 cm³/mol. The maximum Gasteiger partial charge on any atom is 0.0305 e. The van der Waals surface area contributed by atoms with Gasteiger partial charge in [-0.1, -0.05) is 30.3 Å². The second-order valence-corrected chi connectivity index (χ2v) is 4.37. The Morgan fingerprint density at radius 2 is 1.88 bits per heavy atom. The van der Waals surface area contributed by atoms with Crippen molar-refractivity contribution in [3.8, 4) is 0 Å². The van der Waals surface area contributed by atoms with Gasteiger partial charge in [0.15, 0.2) is 0 Å². The number of benzene rings is 1. The molecule has 1 aliphatic rings. The van der Waals surface area contributed by atoms with E-state index in [-0.39, 0.29) is 0 Å². The van der Waals surface area contributed by atoms with E-state index in [1.54, 1.807) is 0 Å². The van der Waals surface area contributed by atoms with E-state index in [4.69, 9.17) is 0 Å². The lowest BCUT2D eigenvalue weighted by Gasteiger charge is -2.30. The summed E-state index contributed by atoms with van der Waals surface area (Å²) in [7, 11) is 2.18. The van der Waals surface area contributed by atoms with E-state index in [0.717, 1.165) is 13.1 Å². The molecule has 0 saturated carbocycles. The molecule has 1 aromatic carbocycles. The average Bonchev–Trinajstić information content (AvgIpc) is 2.38. The predicted octanol–water partition coefficient (Wildman–Crippen LogP) is 2.34. The molecule has 1 saturated heterocycles. The normalized spacial score (nSPS) is 17.8. The Balaban J connectivity index is 1.91. The summed E-state index contributed by atoms with van der Waals surface area (Å²) in [6.45, 7) is 2.29. The van der Waals surface area contributed by atoms with Crippen LogP contribution in [0.5, 0.6) is 0 Å². The van der Waals surface area contributed by atoms with Crippen LogP contribution in [0.4, 0.5) is 0 Å². The minimum absolute atomic E-state index is 0.696.